The maximum atomic E-state index is 13.3. The van der Waals surface area contributed by atoms with Crippen molar-refractivity contribution in [1.82, 2.24) is 40.4 Å². The summed E-state index contributed by atoms with van der Waals surface area (Å²) in [5, 5.41) is 7.66. The molecule has 12 nitrogen and oxygen atoms in total. The van der Waals surface area contributed by atoms with Gasteiger partial charge in [0, 0.05) is 23.0 Å². The molecule has 3 amide bonds. The molecule has 5 heterocycles. The van der Waals surface area contributed by atoms with E-state index in [2.05, 4.69) is 68.0 Å². The van der Waals surface area contributed by atoms with Crippen LogP contribution in [0.2, 0.25) is 0 Å². The van der Waals surface area contributed by atoms with Crippen LogP contribution in [-0.4, -0.2) is 80.2 Å². The molecule has 1 saturated carbocycles. The smallest absolute Gasteiger partial charge is 0.242 e. The van der Waals surface area contributed by atoms with Gasteiger partial charge in [-0.1, -0.05) is 24.6 Å². The number of aromatic amines is 2. The number of nitrogens with one attached hydrogen (secondary N) is 4. The van der Waals surface area contributed by atoms with E-state index in [1.165, 1.54) is 12.8 Å². The van der Waals surface area contributed by atoms with Gasteiger partial charge in [0.25, 0.3) is 0 Å². The van der Waals surface area contributed by atoms with Crippen molar-refractivity contribution >= 4 is 40.0 Å². The number of benzene rings is 3. The number of ether oxygens (including phenoxy) is 1. The highest BCUT2D eigenvalue weighted by Crippen LogP contribution is 2.48. The van der Waals surface area contributed by atoms with Crippen LogP contribution in [0.5, 0.6) is 5.75 Å². The molecule has 3 aliphatic heterocycles. The number of carbonyl (C=O) groups is 3. The van der Waals surface area contributed by atoms with Gasteiger partial charge < -0.3 is 35.1 Å². The van der Waals surface area contributed by atoms with E-state index in [0.29, 0.717) is 31.5 Å². The van der Waals surface area contributed by atoms with Gasteiger partial charge in [-0.05, 0) is 98.3 Å². The van der Waals surface area contributed by atoms with Crippen LogP contribution < -0.4 is 15.4 Å². The highest BCUT2D eigenvalue weighted by atomic mass is 16.5. The second kappa shape index (κ2) is 12.5. The number of imidazole rings is 2. The molecular formula is C39H42N8O4. The molecular weight excluding hydrogens is 644 g/mol. The molecule has 2 saturated heterocycles. The number of likely N-dealkylation sites (N-methyl/N-ethyl adjacent to an activating group) is 1. The third-order valence-corrected chi connectivity index (χ3v) is 11.7. The minimum atomic E-state index is -0.162. The van der Waals surface area contributed by atoms with E-state index in [1.807, 2.05) is 25.1 Å². The first-order valence-electron chi connectivity index (χ1n) is 18.1. The van der Waals surface area contributed by atoms with Gasteiger partial charge in [0.1, 0.15) is 24.0 Å². The lowest BCUT2D eigenvalue weighted by atomic mass is 9.92. The fourth-order valence-electron chi connectivity index (χ4n) is 9.31. The van der Waals surface area contributed by atoms with Crippen molar-refractivity contribution in [3.8, 4) is 28.1 Å². The van der Waals surface area contributed by atoms with E-state index in [-0.39, 0.29) is 36.5 Å². The standard InChI is InChI=1S/C39H42N8O4/c1-21-6-11-32(46(21)36(50)18-41-20-48)38-42-16-30(44-38)23-7-9-26-25(12-23)19-51-34-15-27-22(13-28(26)34)8-10-29-37(27)45-39(43-29)33-14-24-4-3-5-31(24)47(33)35(49)17-40-2/h7-10,12-13,15-16,20-21,24,31-33,40H,3-6,11,14,17-19H2,1-2H3,(H,41,48)(H,42,44)(H,43,45)/t21-,24-,31-,32?,33?/m0/s1. The molecule has 262 valence electrons. The Labute approximate surface area is 295 Å². The van der Waals surface area contributed by atoms with E-state index in [9.17, 15) is 14.4 Å². The fourth-order valence-corrected chi connectivity index (χ4v) is 9.31. The summed E-state index contributed by atoms with van der Waals surface area (Å²) in [4.78, 5) is 57.8. The summed E-state index contributed by atoms with van der Waals surface area (Å²) >= 11 is 0. The number of hydrogen-bond acceptors (Lipinski definition) is 7. The Hall–Kier alpha value is -5.23. The Bertz CT molecular complexity index is 2190. The summed E-state index contributed by atoms with van der Waals surface area (Å²) < 4.78 is 6.40. The molecule has 2 aromatic heterocycles. The first kappa shape index (κ1) is 31.7. The number of fused-ring (bicyclic) bond motifs is 7. The van der Waals surface area contributed by atoms with Gasteiger partial charge in [-0.3, -0.25) is 14.4 Å². The van der Waals surface area contributed by atoms with Crippen LogP contribution in [-0.2, 0) is 21.0 Å². The number of hydrogen-bond donors (Lipinski definition) is 4. The van der Waals surface area contributed by atoms with E-state index in [1.54, 1.807) is 0 Å². The Kier molecular flexibility index (Phi) is 7.79. The summed E-state index contributed by atoms with van der Waals surface area (Å²) in [6.45, 7) is 2.78. The SMILES string of the molecule is CNCC(=O)N1C(c2nc3c(ccc4cc5c(cc43)OCc3cc(-c4cnc(C6CC[C@H](C)N6C(=O)CNC=O)[nH]4)ccc3-5)[nH]2)C[C@@H]2CCC[C@@H]21. The van der Waals surface area contributed by atoms with Gasteiger partial charge in [0.15, 0.2) is 0 Å². The second-order valence-electron chi connectivity index (χ2n) is 14.6. The Morgan fingerprint density at radius 1 is 0.961 bits per heavy atom. The van der Waals surface area contributed by atoms with Crippen LogP contribution in [0.3, 0.4) is 0 Å². The van der Waals surface area contributed by atoms with Gasteiger partial charge in [-0.25, -0.2) is 9.97 Å². The number of rotatable bonds is 8. The van der Waals surface area contributed by atoms with Gasteiger partial charge >= 0.3 is 0 Å². The molecule has 2 unspecified atom stereocenters. The van der Waals surface area contributed by atoms with Crippen molar-refractivity contribution in [1.29, 1.82) is 0 Å². The van der Waals surface area contributed by atoms with Crippen LogP contribution in [0, 0.1) is 5.92 Å². The Morgan fingerprint density at radius 3 is 2.71 bits per heavy atom. The average Bonchev–Trinajstić information content (AvgIpc) is 3.97. The quantitative estimate of drug-likeness (QED) is 0.166. The zero-order valence-electron chi connectivity index (χ0n) is 28.9. The minimum absolute atomic E-state index is 0.0214. The van der Waals surface area contributed by atoms with E-state index in [4.69, 9.17) is 14.7 Å². The van der Waals surface area contributed by atoms with Gasteiger partial charge in [-0.15, -0.1) is 0 Å². The second-order valence-corrected chi connectivity index (χ2v) is 14.6. The zero-order valence-corrected chi connectivity index (χ0v) is 28.9. The number of carbonyl (C=O) groups excluding carboxylic acids is 3. The molecule has 0 bridgehead atoms. The van der Waals surface area contributed by atoms with Crippen molar-refractivity contribution in [2.45, 2.75) is 76.2 Å². The number of nitrogens with zero attached hydrogens (tertiary/aromatic N) is 4. The molecule has 0 spiro atoms. The summed E-state index contributed by atoms with van der Waals surface area (Å²) in [6, 6.07) is 15.1. The molecule has 0 radical (unpaired) electrons. The molecule has 12 heteroatoms. The van der Waals surface area contributed by atoms with Gasteiger partial charge in [-0.2, -0.15) is 0 Å². The summed E-state index contributed by atoms with van der Waals surface area (Å²) in [6.07, 6.45) is 8.44. The average molecular weight is 687 g/mol. The largest absolute Gasteiger partial charge is 0.488 e. The highest BCUT2D eigenvalue weighted by molar-refractivity contribution is 6.07. The Morgan fingerprint density at radius 2 is 1.84 bits per heavy atom. The lowest BCUT2D eigenvalue weighted by molar-refractivity contribution is -0.134. The van der Waals surface area contributed by atoms with E-state index in [0.717, 1.165) is 92.8 Å². The predicted molar refractivity (Wildman–Crippen MR) is 193 cm³/mol. The lowest BCUT2D eigenvalue weighted by Crippen LogP contribution is -2.42. The van der Waals surface area contributed by atoms with Gasteiger partial charge in [0.2, 0.25) is 18.2 Å². The highest BCUT2D eigenvalue weighted by Gasteiger charge is 2.47. The topological polar surface area (TPSA) is 148 Å². The van der Waals surface area contributed by atoms with Crippen molar-refractivity contribution in [3.05, 3.63) is 65.9 Å². The van der Waals surface area contributed by atoms with Crippen LogP contribution >= 0.6 is 0 Å². The number of H-pyrrole nitrogens is 2. The van der Waals surface area contributed by atoms with Crippen molar-refractivity contribution in [2.24, 2.45) is 5.92 Å². The van der Waals surface area contributed by atoms with Crippen LogP contribution in [0.25, 0.3) is 44.2 Å². The van der Waals surface area contributed by atoms with Crippen molar-refractivity contribution in [2.75, 3.05) is 20.1 Å². The third kappa shape index (κ3) is 5.26. The third-order valence-electron chi connectivity index (χ3n) is 11.7. The van der Waals surface area contributed by atoms with Crippen molar-refractivity contribution < 1.29 is 19.1 Å². The first-order valence-corrected chi connectivity index (χ1v) is 18.1. The molecule has 3 aromatic carbocycles. The molecule has 9 rings (SSSR count). The normalized spacial score (nSPS) is 23.7. The summed E-state index contributed by atoms with van der Waals surface area (Å²) in [5.41, 5.74) is 7.00. The zero-order chi connectivity index (χ0) is 34.8. The van der Waals surface area contributed by atoms with Crippen LogP contribution in [0.15, 0.2) is 48.7 Å². The van der Waals surface area contributed by atoms with Gasteiger partial charge in [0.05, 0.1) is 48.1 Å². The lowest BCUT2D eigenvalue weighted by Gasteiger charge is -2.29. The summed E-state index contributed by atoms with van der Waals surface area (Å²) in [7, 11) is 1.83. The molecule has 3 fully saturated rings. The molecule has 4 aliphatic rings. The van der Waals surface area contributed by atoms with Crippen LogP contribution in [0.1, 0.15) is 74.7 Å². The molecule has 5 atom stereocenters. The fraction of sp³-hybridized carbons (Fsp3) is 0.410. The molecule has 4 N–H and O–H groups in total. The number of likely N-dealkylation sites (tertiary alicyclic amines) is 2. The Balaban J connectivity index is 1.00. The molecule has 51 heavy (non-hydrogen) atoms. The molecule has 5 aromatic rings. The monoisotopic (exact) mass is 686 g/mol. The number of amides is 3. The van der Waals surface area contributed by atoms with Crippen molar-refractivity contribution in [3.63, 3.8) is 0 Å². The maximum Gasteiger partial charge on any atom is 0.242 e. The number of aromatic nitrogens is 4. The first-order chi connectivity index (χ1) is 24.9. The molecule has 1 aliphatic carbocycles. The minimum Gasteiger partial charge on any atom is -0.488 e. The predicted octanol–water partition coefficient (Wildman–Crippen LogP) is 5.13. The van der Waals surface area contributed by atoms with E-state index < -0.39 is 0 Å². The maximum absolute atomic E-state index is 13.3. The summed E-state index contributed by atoms with van der Waals surface area (Å²) in [5.74, 6) is 3.01. The van der Waals surface area contributed by atoms with E-state index >= 15 is 0 Å². The van der Waals surface area contributed by atoms with Crippen LogP contribution in [0.4, 0.5) is 0 Å².